The molecule has 0 amide bonds. The summed E-state index contributed by atoms with van der Waals surface area (Å²) in [5.41, 5.74) is 0. The van der Waals surface area contributed by atoms with Gasteiger partial charge in [0.2, 0.25) is 0 Å². The Labute approximate surface area is 94.8 Å². The highest BCUT2D eigenvalue weighted by molar-refractivity contribution is 4.74. The summed E-state index contributed by atoms with van der Waals surface area (Å²) in [5.74, 6) is 0. The summed E-state index contributed by atoms with van der Waals surface area (Å²) in [6.07, 6.45) is 5.35. The van der Waals surface area contributed by atoms with Crippen molar-refractivity contribution in [2.24, 2.45) is 0 Å². The van der Waals surface area contributed by atoms with Gasteiger partial charge < -0.3 is 15.1 Å². The van der Waals surface area contributed by atoms with Gasteiger partial charge in [-0.25, -0.2) is 0 Å². The van der Waals surface area contributed by atoms with Gasteiger partial charge in [0.05, 0.1) is 0 Å². The van der Waals surface area contributed by atoms with Gasteiger partial charge in [-0.1, -0.05) is 0 Å². The van der Waals surface area contributed by atoms with Crippen LogP contribution in [0.1, 0.15) is 25.7 Å². The first-order chi connectivity index (χ1) is 7.18. The fraction of sp³-hybridized carbons (Fsp3) is 1.00. The second kappa shape index (κ2) is 7.20. The molecule has 0 aliphatic carbocycles. The van der Waals surface area contributed by atoms with Gasteiger partial charge in [-0.2, -0.15) is 0 Å². The maximum absolute atomic E-state index is 3.55. The number of nitrogens with one attached hydrogen (secondary N) is 1. The molecule has 1 aliphatic rings. The molecule has 1 unspecified atom stereocenters. The molecule has 0 bridgehead atoms. The topological polar surface area (TPSA) is 18.5 Å². The van der Waals surface area contributed by atoms with E-state index in [-0.39, 0.29) is 0 Å². The molecule has 1 atom stereocenters. The summed E-state index contributed by atoms with van der Waals surface area (Å²) in [7, 11) is 6.52. The molecule has 1 fully saturated rings. The lowest BCUT2D eigenvalue weighted by molar-refractivity contribution is 0.287. The Kier molecular flexibility index (Phi) is 6.22. The predicted octanol–water partition coefficient (Wildman–Crippen LogP) is 1.01. The second-order valence-corrected chi connectivity index (χ2v) is 5.04. The van der Waals surface area contributed by atoms with Gasteiger partial charge in [0.15, 0.2) is 0 Å². The molecule has 90 valence electrons. The molecular formula is C12H27N3. The minimum Gasteiger partial charge on any atom is -0.314 e. The molecule has 1 saturated heterocycles. The van der Waals surface area contributed by atoms with Gasteiger partial charge in [0.1, 0.15) is 0 Å². The molecule has 1 heterocycles. The van der Waals surface area contributed by atoms with Crippen molar-refractivity contribution in [3.05, 3.63) is 0 Å². The zero-order valence-electron chi connectivity index (χ0n) is 10.6. The van der Waals surface area contributed by atoms with Crippen molar-refractivity contribution < 1.29 is 0 Å². The van der Waals surface area contributed by atoms with Crippen molar-refractivity contribution in [2.75, 3.05) is 47.3 Å². The average Bonchev–Trinajstić information content (AvgIpc) is 2.66. The molecular weight excluding hydrogens is 186 g/mol. The second-order valence-electron chi connectivity index (χ2n) is 5.04. The molecule has 0 radical (unpaired) electrons. The summed E-state index contributed by atoms with van der Waals surface area (Å²) >= 11 is 0. The molecule has 1 aliphatic heterocycles. The molecule has 3 nitrogen and oxygen atoms in total. The van der Waals surface area contributed by atoms with Crippen LogP contribution in [0.2, 0.25) is 0 Å². The highest BCUT2D eigenvalue weighted by Crippen LogP contribution is 2.08. The minimum absolute atomic E-state index is 0.793. The van der Waals surface area contributed by atoms with E-state index in [1.54, 1.807) is 0 Å². The van der Waals surface area contributed by atoms with Crippen molar-refractivity contribution >= 4 is 0 Å². The Balaban J connectivity index is 1.95. The van der Waals surface area contributed by atoms with E-state index in [2.05, 4.69) is 36.3 Å². The number of hydrogen-bond donors (Lipinski definition) is 1. The maximum Gasteiger partial charge on any atom is 0.00797 e. The van der Waals surface area contributed by atoms with Crippen molar-refractivity contribution in [1.82, 2.24) is 15.1 Å². The molecule has 15 heavy (non-hydrogen) atoms. The van der Waals surface area contributed by atoms with Crippen molar-refractivity contribution in [3.63, 3.8) is 0 Å². The molecule has 0 aromatic carbocycles. The van der Waals surface area contributed by atoms with Crippen LogP contribution in [0.3, 0.4) is 0 Å². The van der Waals surface area contributed by atoms with Crippen LogP contribution >= 0.6 is 0 Å². The first kappa shape index (κ1) is 12.9. The van der Waals surface area contributed by atoms with Crippen LogP contribution < -0.4 is 5.32 Å². The summed E-state index contributed by atoms with van der Waals surface area (Å²) in [6.45, 7) is 4.90. The van der Waals surface area contributed by atoms with Crippen molar-refractivity contribution in [3.8, 4) is 0 Å². The van der Waals surface area contributed by atoms with E-state index in [4.69, 9.17) is 0 Å². The third-order valence-electron chi connectivity index (χ3n) is 3.17. The Morgan fingerprint density at radius 1 is 1.13 bits per heavy atom. The number of rotatable bonds is 7. The van der Waals surface area contributed by atoms with E-state index >= 15 is 0 Å². The lowest BCUT2D eigenvalue weighted by atomic mass is 10.1. The van der Waals surface area contributed by atoms with E-state index in [0.717, 1.165) is 6.04 Å². The quantitative estimate of drug-likeness (QED) is 0.681. The molecule has 1 rings (SSSR count). The predicted molar refractivity (Wildman–Crippen MR) is 66.3 cm³/mol. The summed E-state index contributed by atoms with van der Waals surface area (Å²) in [6, 6.07) is 0.793. The minimum atomic E-state index is 0.793. The van der Waals surface area contributed by atoms with Crippen LogP contribution in [0, 0.1) is 0 Å². The maximum atomic E-state index is 3.55. The Morgan fingerprint density at radius 3 is 2.53 bits per heavy atom. The molecule has 0 aromatic heterocycles. The third kappa shape index (κ3) is 6.13. The van der Waals surface area contributed by atoms with Crippen LogP contribution in [0.5, 0.6) is 0 Å². The summed E-state index contributed by atoms with van der Waals surface area (Å²) in [4.78, 5) is 4.72. The zero-order valence-corrected chi connectivity index (χ0v) is 10.6. The van der Waals surface area contributed by atoms with Crippen LogP contribution in [0.4, 0.5) is 0 Å². The lowest BCUT2D eigenvalue weighted by Crippen LogP contribution is -2.30. The van der Waals surface area contributed by atoms with Gasteiger partial charge in [0, 0.05) is 6.04 Å². The number of hydrogen-bond acceptors (Lipinski definition) is 3. The van der Waals surface area contributed by atoms with Crippen molar-refractivity contribution in [2.45, 2.75) is 31.7 Å². The third-order valence-corrected chi connectivity index (χ3v) is 3.17. The lowest BCUT2D eigenvalue weighted by Gasteiger charge is -2.20. The normalized spacial score (nSPS) is 21.8. The van der Waals surface area contributed by atoms with E-state index in [0.29, 0.717) is 0 Å². The van der Waals surface area contributed by atoms with Crippen LogP contribution in [0.15, 0.2) is 0 Å². The highest BCUT2D eigenvalue weighted by Gasteiger charge is 2.13. The fourth-order valence-corrected chi connectivity index (χ4v) is 2.15. The van der Waals surface area contributed by atoms with Gasteiger partial charge in [-0.3, -0.25) is 0 Å². The van der Waals surface area contributed by atoms with Gasteiger partial charge in [-0.05, 0) is 73.0 Å². The molecule has 0 spiro atoms. The van der Waals surface area contributed by atoms with Gasteiger partial charge in [-0.15, -0.1) is 0 Å². The number of nitrogens with zero attached hydrogens (tertiary/aromatic N) is 2. The van der Waals surface area contributed by atoms with Gasteiger partial charge in [0.25, 0.3) is 0 Å². The summed E-state index contributed by atoms with van der Waals surface area (Å²) < 4.78 is 0. The van der Waals surface area contributed by atoms with Crippen LogP contribution in [-0.2, 0) is 0 Å². The van der Waals surface area contributed by atoms with E-state index in [1.807, 2.05) is 0 Å². The van der Waals surface area contributed by atoms with E-state index < -0.39 is 0 Å². The monoisotopic (exact) mass is 213 g/mol. The summed E-state index contributed by atoms with van der Waals surface area (Å²) in [5, 5.41) is 3.55. The van der Waals surface area contributed by atoms with Crippen LogP contribution in [0.25, 0.3) is 0 Å². The van der Waals surface area contributed by atoms with Gasteiger partial charge >= 0.3 is 0 Å². The first-order valence-corrected chi connectivity index (χ1v) is 6.25. The molecule has 0 saturated carbocycles. The van der Waals surface area contributed by atoms with Crippen molar-refractivity contribution in [1.29, 1.82) is 0 Å². The SMILES string of the molecule is CN(C)CCCN(C)CCC1CCCN1. The molecule has 0 aromatic rings. The van der Waals surface area contributed by atoms with Crippen LogP contribution in [-0.4, -0.2) is 63.2 Å². The molecule has 1 N–H and O–H groups in total. The first-order valence-electron chi connectivity index (χ1n) is 6.25. The standard InChI is InChI=1S/C12H27N3/c1-14(2)9-5-10-15(3)11-7-12-6-4-8-13-12/h12-13H,4-11H2,1-3H3. The smallest absolute Gasteiger partial charge is 0.00797 e. The van der Waals surface area contributed by atoms with E-state index in [1.165, 1.54) is 51.9 Å². The fourth-order valence-electron chi connectivity index (χ4n) is 2.15. The Morgan fingerprint density at radius 2 is 1.93 bits per heavy atom. The molecule has 3 heteroatoms. The highest BCUT2D eigenvalue weighted by atomic mass is 15.1. The largest absolute Gasteiger partial charge is 0.314 e. The Hall–Kier alpha value is -0.120. The van der Waals surface area contributed by atoms with E-state index in [9.17, 15) is 0 Å². The zero-order chi connectivity index (χ0) is 11.1. The Bertz CT molecular complexity index is 153. The average molecular weight is 213 g/mol.